The second-order valence-electron chi connectivity index (χ2n) is 6.76. The van der Waals surface area contributed by atoms with Gasteiger partial charge in [-0.25, -0.2) is 0 Å². The Morgan fingerprint density at radius 2 is 1.92 bits per heavy atom. The van der Waals surface area contributed by atoms with E-state index in [0.717, 1.165) is 12.8 Å². The van der Waals surface area contributed by atoms with Crippen LogP contribution in [0.1, 0.15) is 62.2 Å². The molecule has 0 spiro atoms. The maximum Gasteiger partial charge on any atom is 0.262 e. The molecule has 1 saturated carbocycles. The first-order valence-corrected chi connectivity index (χ1v) is 9.58. The standard InChI is InChI=1S/C19H25N3O2S/c1-2-22-18(24)15-11-10-13(12-16(15)21-19(22)25)17(23)20-14-8-6-4-3-5-7-9-14/h10-12,14H,2-9H2,1H3,(H,20,23)(H,21,25). The van der Waals surface area contributed by atoms with Crippen molar-refractivity contribution in [1.29, 1.82) is 0 Å². The van der Waals surface area contributed by atoms with Crippen molar-refractivity contribution in [2.24, 2.45) is 0 Å². The van der Waals surface area contributed by atoms with Gasteiger partial charge in [0.1, 0.15) is 0 Å². The molecular weight excluding hydrogens is 334 g/mol. The van der Waals surface area contributed by atoms with E-state index in [0.29, 0.717) is 27.8 Å². The summed E-state index contributed by atoms with van der Waals surface area (Å²) in [4.78, 5) is 28.1. The molecule has 1 aliphatic rings. The summed E-state index contributed by atoms with van der Waals surface area (Å²) in [6.45, 7) is 2.40. The van der Waals surface area contributed by atoms with Crippen LogP contribution in [0.3, 0.4) is 0 Å². The fraction of sp³-hybridized carbons (Fsp3) is 0.526. The molecular formula is C19H25N3O2S. The van der Waals surface area contributed by atoms with Gasteiger partial charge in [0.15, 0.2) is 4.77 Å². The molecule has 1 aliphatic carbocycles. The maximum atomic E-state index is 12.6. The second kappa shape index (κ2) is 7.95. The van der Waals surface area contributed by atoms with E-state index < -0.39 is 0 Å². The Morgan fingerprint density at radius 1 is 1.24 bits per heavy atom. The van der Waals surface area contributed by atoms with E-state index in [-0.39, 0.29) is 17.5 Å². The van der Waals surface area contributed by atoms with Crippen LogP contribution in [0, 0.1) is 4.77 Å². The van der Waals surface area contributed by atoms with Crippen LogP contribution in [-0.2, 0) is 6.54 Å². The quantitative estimate of drug-likeness (QED) is 0.816. The molecule has 2 aromatic rings. The largest absolute Gasteiger partial charge is 0.349 e. The third-order valence-corrected chi connectivity index (χ3v) is 5.32. The zero-order valence-corrected chi connectivity index (χ0v) is 15.5. The van der Waals surface area contributed by atoms with Gasteiger partial charge in [0.05, 0.1) is 10.9 Å². The molecule has 1 aromatic carbocycles. The van der Waals surface area contributed by atoms with Crippen molar-refractivity contribution in [2.75, 3.05) is 0 Å². The number of aromatic nitrogens is 2. The first-order chi connectivity index (χ1) is 12.1. The van der Waals surface area contributed by atoms with Crippen molar-refractivity contribution in [2.45, 2.75) is 64.5 Å². The third kappa shape index (κ3) is 4.00. The molecule has 0 atom stereocenters. The lowest BCUT2D eigenvalue weighted by molar-refractivity contribution is 0.0930. The van der Waals surface area contributed by atoms with Crippen LogP contribution < -0.4 is 10.9 Å². The van der Waals surface area contributed by atoms with Crippen molar-refractivity contribution in [3.8, 4) is 0 Å². The summed E-state index contributed by atoms with van der Waals surface area (Å²) in [6, 6.07) is 5.40. The Labute approximate surface area is 152 Å². The number of nitrogens with zero attached hydrogens (tertiary/aromatic N) is 1. The number of aromatic amines is 1. The lowest BCUT2D eigenvalue weighted by atomic mass is 9.96. The number of fused-ring (bicyclic) bond motifs is 1. The number of carbonyl (C=O) groups excluding carboxylic acids is 1. The van der Waals surface area contributed by atoms with Gasteiger partial charge >= 0.3 is 0 Å². The number of amides is 1. The van der Waals surface area contributed by atoms with Crippen LogP contribution in [0.5, 0.6) is 0 Å². The van der Waals surface area contributed by atoms with Crippen LogP contribution >= 0.6 is 12.2 Å². The number of H-pyrrole nitrogens is 1. The molecule has 0 saturated heterocycles. The van der Waals surface area contributed by atoms with Crippen LogP contribution in [0.25, 0.3) is 10.9 Å². The molecule has 2 N–H and O–H groups in total. The SMILES string of the molecule is CCn1c(=S)[nH]c2cc(C(=O)NC3CCCCCCC3)ccc2c1=O. The van der Waals surface area contributed by atoms with Crippen molar-refractivity contribution in [3.63, 3.8) is 0 Å². The minimum absolute atomic E-state index is 0.0774. The highest BCUT2D eigenvalue weighted by atomic mass is 32.1. The first kappa shape index (κ1) is 17.9. The summed E-state index contributed by atoms with van der Waals surface area (Å²) >= 11 is 5.24. The molecule has 1 amide bonds. The second-order valence-corrected chi connectivity index (χ2v) is 7.14. The van der Waals surface area contributed by atoms with Gasteiger partial charge in [0.2, 0.25) is 0 Å². The Hall–Kier alpha value is -1.95. The topological polar surface area (TPSA) is 66.9 Å². The minimum atomic E-state index is -0.117. The van der Waals surface area contributed by atoms with E-state index >= 15 is 0 Å². The van der Waals surface area contributed by atoms with Gasteiger partial charge < -0.3 is 10.3 Å². The lowest BCUT2D eigenvalue weighted by Gasteiger charge is -2.21. The van der Waals surface area contributed by atoms with E-state index in [4.69, 9.17) is 12.2 Å². The maximum absolute atomic E-state index is 12.6. The number of hydrogen-bond donors (Lipinski definition) is 2. The molecule has 1 aromatic heterocycles. The predicted molar refractivity (Wildman–Crippen MR) is 103 cm³/mol. The Balaban J connectivity index is 1.84. The van der Waals surface area contributed by atoms with Crippen molar-refractivity contribution >= 4 is 29.0 Å². The molecule has 25 heavy (non-hydrogen) atoms. The number of nitrogens with one attached hydrogen (secondary N) is 2. The molecule has 134 valence electrons. The van der Waals surface area contributed by atoms with Gasteiger partial charge in [-0.1, -0.05) is 32.1 Å². The first-order valence-electron chi connectivity index (χ1n) is 9.18. The Kier molecular flexibility index (Phi) is 5.68. The molecule has 0 radical (unpaired) electrons. The average molecular weight is 359 g/mol. The minimum Gasteiger partial charge on any atom is -0.349 e. The normalized spacial score (nSPS) is 16.4. The summed E-state index contributed by atoms with van der Waals surface area (Å²) < 4.78 is 1.91. The Bertz CT molecular complexity index is 876. The van der Waals surface area contributed by atoms with Gasteiger partial charge in [-0.3, -0.25) is 14.2 Å². The highest BCUT2D eigenvalue weighted by Crippen LogP contribution is 2.18. The smallest absolute Gasteiger partial charge is 0.262 e. The van der Waals surface area contributed by atoms with Gasteiger partial charge in [0.25, 0.3) is 11.5 Å². The molecule has 1 heterocycles. The zero-order valence-electron chi connectivity index (χ0n) is 14.6. The summed E-state index contributed by atoms with van der Waals surface area (Å²) in [5, 5.41) is 3.71. The van der Waals surface area contributed by atoms with Crippen LogP contribution in [-0.4, -0.2) is 21.5 Å². The fourth-order valence-electron chi connectivity index (χ4n) is 3.55. The van der Waals surface area contributed by atoms with Gasteiger partial charge in [0, 0.05) is 18.2 Å². The van der Waals surface area contributed by atoms with Crippen LogP contribution in [0.15, 0.2) is 23.0 Å². The molecule has 0 aliphatic heterocycles. The summed E-state index contributed by atoms with van der Waals surface area (Å²) in [5.74, 6) is -0.0774. The molecule has 6 heteroatoms. The average Bonchev–Trinajstić information content (AvgIpc) is 2.57. The molecule has 3 rings (SSSR count). The number of benzene rings is 1. The van der Waals surface area contributed by atoms with Crippen molar-refractivity contribution in [3.05, 3.63) is 38.9 Å². The van der Waals surface area contributed by atoms with Crippen LogP contribution in [0.4, 0.5) is 0 Å². The van der Waals surface area contributed by atoms with E-state index in [1.807, 2.05) is 6.92 Å². The van der Waals surface area contributed by atoms with E-state index in [1.165, 1.54) is 36.7 Å². The predicted octanol–water partition coefficient (Wildman–Crippen LogP) is 3.92. The molecule has 0 unspecified atom stereocenters. The van der Waals surface area contributed by atoms with Gasteiger partial charge in [-0.15, -0.1) is 0 Å². The third-order valence-electron chi connectivity index (χ3n) is 5.00. The van der Waals surface area contributed by atoms with E-state index in [2.05, 4.69) is 10.3 Å². The van der Waals surface area contributed by atoms with Crippen molar-refractivity contribution in [1.82, 2.24) is 14.9 Å². The van der Waals surface area contributed by atoms with Crippen molar-refractivity contribution < 1.29 is 4.79 Å². The summed E-state index contributed by atoms with van der Waals surface area (Å²) in [7, 11) is 0. The molecule has 5 nitrogen and oxygen atoms in total. The molecule has 1 fully saturated rings. The highest BCUT2D eigenvalue weighted by molar-refractivity contribution is 7.71. The molecule has 0 bridgehead atoms. The number of hydrogen-bond acceptors (Lipinski definition) is 3. The van der Waals surface area contributed by atoms with Gasteiger partial charge in [-0.05, 0) is 50.2 Å². The summed E-state index contributed by atoms with van der Waals surface area (Å²) in [6.07, 6.45) is 8.25. The lowest BCUT2D eigenvalue weighted by Crippen LogP contribution is -2.35. The number of carbonyl (C=O) groups is 1. The van der Waals surface area contributed by atoms with Crippen LogP contribution in [0.2, 0.25) is 0 Å². The Morgan fingerprint density at radius 3 is 2.60 bits per heavy atom. The highest BCUT2D eigenvalue weighted by Gasteiger charge is 2.16. The fourth-order valence-corrected chi connectivity index (χ4v) is 3.87. The van der Waals surface area contributed by atoms with E-state index in [1.54, 1.807) is 18.2 Å². The number of rotatable bonds is 3. The monoisotopic (exact) mass is 359 g/mol. The van der Waals surface area contributed by atoms with E-state index in [9.17, 15) is 9.59 Å². The van der Waals surface area contributed by atoms with Gasteiger partial charge in [-0.2, -0.15) is 0 Å². The summed E-state index contributed by atoms with van der Waals surface area (Å²) in [5.41, 5.74) is 1.06. The zero-order chi connectivity index (χ0) is 17.8.